The Bertz CT molecular complexity index is 86.5. The van der Waals surface area contributed by atoms with Crippen molar-refractivity contribution in [2.75, 3.05) is 7.05 Å². The summed E-state index contributed by atoms with van der Waals surface area (Å²) in [7, 11) is 1.88. The van der Waals surface area contributed by atoms with Gasteiger partial charge >= 0.3 is 0 Å². The first kappa shape index (κ1) is 6.28. The molecule has 0 heterocycles. The van der Waals surface area contributed by atoms with E-state index in [0.29, 0.717) is 0 Å². The number of hydrogen-bond donors (Lipinski definition) is 1. The van der Waals surface area contributed by atoms with Gasteiger partial charge in [-0.1, -0.05) is 12.7 Å². The van der Waals surface area contributed by atoms with Gasteiger partial charge in [-0.15, -0.1) is 0 Å². The molecule has 0 bridgehead atoms. The molecule has 1 heteroatoms. The van der Waals surface area contributed by atoms with Gasteiger partial charge in [-0.2, -0.15) is 0 Å². The molecule has 42 valence electrons. The zero-order valence-electron chi connectivity index (χ0n) is 4.86. The third-order valence-corrected chi connectivity index (χ3v) is 0.762. The van der Waals surface area contributed by atoms with Gasteiger partial charge in [0.05, 0.1) is 0 Å². The summed E-state index contributed by atoms with van der Waals surface area (Å²) in [6.45, 7) is 5.52. The lowest BCUT2D eigenvalue weighted by atomic mass is 10.4. The van der Waals surface area contributed by atoms with Crippen molar-refractivity contribution in [1.29, 1.82) is 0 Å². The van der Waals surface area contributed by atoms with E-state index in [1.54, 1.807) is 6.08 Å². The van der Waals surface area contributed by atoms with Crippen molar-refractivity contribution in [3.63, 3.8) is 0 Å². The standard InChI is InChI=1S/C6H11N.H2/c1-4-5-6(2)7-3;/h4-5,7H,1H2,2-3H3;1H/b6-5+;. The molecule has 0 aromatic heterocycles. The van der Waals surface area contributed by atoms with E-state index in [1.807, 2.05) is 20.0 Å². The van der Waals surface area contributed by atoms with Gasteiger partial charge in [0, 0.05) is 14.2 Å². The Morgan fingerprint density at radius 1 is 1.86 bits per heavy atom. The highest BCUT2D eigenvalue weighted by molar-refractivity contribution is 5.04. The lowest BCUT2D eigenvalue weighted by Gasteiger charge is -1.92. The van der Waals surface area contributed by atoms with Crippen LogP contribution in [0.25, 0.3) is 0 Å². The molecular weight excluding hydrogens is 86.1 g/mol. The van der Waals surface area contributed by atoms with Crippen LogP contribution in [0.4, 0.5) is 0 Å². The summed E-state index contributed by atoms with van der Waals surface area (Å²) < 4.78 is 0. The predicted molar refractivity (Wildman–Crippen MR) is 35.1 cm³/mol. The molecule has 0 saturated carbocycles. The Morgan fingerprint density at radius 2 is 2.43 bits per heavy atom. The van der Waals surface area contributed by atoms with Gasteiger partial charge in [0.25, 0.3) is 0 Å². The third-order valence-electron chi connectivity index (χ3n) is 0.762. The summed E-state index contributed by atoms with van der Waals surface area (Å²) in [5.41, 5.74) is 1.13. The fourth-order valence-corrected chi connectivity index (χ4v) is 0.260. The van der Waals surface area contributed by atoms with Gasteiger partial charge in [-0.25, -0.2) is 0 Å². The molecule has 0 rings (SSSR count). The van der Waals surface area contributed by atoms with Crippen molar-refractivity contribution in [1.82, 2.24) is 5.32 Å². The van der Waals surface area contributed by atoms with Crippen molar-refractivity contribution in [2.45, 2.75) is 6.92 Å². The molecule has 0 aliphatic heterocycles. The maximum Gasteiger partial charge on any atom is 0.00722 e. The summed E-state index contributed by atoms with van der Waals surface area (Å²) in [5, 5.41) is 2.96. The zero-order valence-corrected chi connectivity index (χ0v) is 4.86. The Morgan fingerprint density at radius 3 is 2.57 bits per heavy atom. The molecule has 0 radical (unpaired) electrons. The van der Waals surface area contributed by atoms with Crippen LogP contribution in [0, 0.1) is 0 Å². The molecule has 0 unspecified atom stereocenters. The minimum Gasteiger partial charge on any atom is -0.392 e. The maximum atomic E-state index is 3.53. The van der Waals surface area contributed by atoms with Crippen LogP contribution in [-0.2, 0) is 0 Å². The van der Waals surface area contributed by atoms with E-state index in [2.05, 4.69) is 11.9 Å². The van der Waals surface area contributed by atoms with Crippen LogP contribution in [0.1, 0.15) is 8.35 Å². The van der Waals surface area contributed by atoms with Crippen molar-refractivity contribution >= 4 is 0 Å². The van der Waals surface area contributed by atoms with Crippen LogP contribution < -0.4 is 5.32 Å². The summed E-state index contributed by atoms with van der Waals surface area (Å²) in [4.78, 5) is 0. The van der Waals surface area contributed by atoms with Crippen molar-refractivity contribution in [3.8, 4) is 0 Å². The molecule has 7 heavy (non-hydrogen) atoms. The Kier molecular flexibility index (Phi) is 3.11. The lowest BCUT2D eigenvalue weighted by Crippen LogP contribution is -1.99. The quantitative estimate of drug-likeness (QED) is 0.518. The monoisotopic (exact) mass is 99.1 g/mol. The van der Waals surface area contributed by atoms with Gasteiger partial charge in [0.1, 0.15) is 0 Å². The van der Waals surface area contributed by atoms with Gasteiger partial charge in [0.2, 0.25) is 0 Å². The molecule has 0 saturated heterocycles. The van der Waals surface area contributed by atoms with Crippen LogP contribution in [0.2, 0.25) is 0 Å². The highest BCUT2D eigenvalue weighted by Gasteiger charge is 1.71. The minimum atomic E-state index is 0. The Labute approximate surface area is 46.2 Å². The smallest absolute Gasteiger partial charge is 0.00722 e. The van der Waals surface area contributed by atoms with Gasteiger partial charge in [-0.3, -0.25) is 0 Å². The first-order valence-corrected chi connectivity index (χ1v) is 2.28. The van der Waals surface area contributed by atoms with E-state index < -0.39 is 0 Å². The first-order chi connectivity index (χ1) is 3.31. The molecular formula is C6H13N. The van der Waals surface area contributed by atoms with Crippen LogP contribution >= 0.6 is 0 Å². The second kappa shape index (κ2) is 3.47. The molecule has 0 aromatic carbocycles. The normalized spacial score (nSPS) is 10.9. The molecule has 1 N–H and O–H groups in total. The van der Waals surface area contributed by atoms with E-state index in [1.165, 1.54) is 0 Å². The Balaban J connectivity index is 0. The van der Waals surface area contributed by atoms with E-state index in [0.717, 1.165) is 5.70 Å². The molecule has 0 aliphatic rings. The van der Waals surface area contributed by atoms with Crippen LogP contribution in [0.3, 0.4) is 0 Å². The maximum absolute atomic E-state index is 3.53. The van der Waals surface area contributed by atoms with Gasteiger partial charge < -0.3 is 5.32 Å². The van der Waals surface area contributed by atoms with E-state index >= 15 is 0 Å². The third kappa shape index (κ3) is 3.10. The molecule has 0 atom stereocenters. The summed E-state index contributed by atoms with van der Waals surface area (Å²) in [6, 6.07) is 0. The highest BCUT2D eigenvalue weighted by atomic mass is 14.8. The molecule has 0 amide bonds. The summed E-state index contributed by atoms with van der Waals surface area (Å²) in [5.74, 6) is 0. The average Bonchev–Trinajstić information content (AvgIpc) is 1.68. The van der Waals surface area contributed by atoms with Crippen molar-refractivity contribution < 1.29 is 1.43 Å². The topological polar surface area (TPSA) is 12.0 Å². The van der Waals surface area contributed by atoms with E-state index in [4.69, 9.17) is 0 Å². The van der Waals surface area contributed by atoms with Crippen LogP contribution in [-0.4, -0.2) is 7.05 Å². The second-order valence-corrected chi connectivity index (χ2v) is 1.34. The van der Waals surface area contributed by atoms with Crippen molar-refractivity contribution in [3.05, 3.63) is 24.4 Å². The Hall–Kier alpha value is -0.720. The fraction of sp³-hybridized carbons (Fsp3) is 0.333. The average molecular weight is 99.2 g/mol. The molecule has 0 aromatic rings. The highest BCUT2D eigenvalue weighted by Crippen LogP contribution is 1.81. The largest absolute Gasteiger partial charge is 0.392 e. The molecule has 1 nitrogen and oxygen atoms in total. The van der Waals surface area contributed by atoms with Crippen molar-refractivity contribution in [2.24, 2.45) is 0 Å². The summed E-state index contributed by atoms with van der Waals surface area (Å²) >= 11 is 0. The molecule has 0 fully saturated rings. The molecule has 0 aliphatic carbocycles. The number of allylic oxidation sites excluding steroid dienone is 3. The SMILES string of the molecule is C=C/C=C(\C)NC.[HH]. The van der Waals surface area contributed by atoms with Gasteiger partial charge in [0.15, 0.2) is 0 Å². The summed E-state index contributed by atoms with van der Waals surface area (Å²) in [6.07, 6.45) is 3.67. The number of rotatable bonds is 2. The number of nitrogens with one attached hydrogen (secondary N) is 1. The second-order valence-electron chi connectivity index (χ2n) is 1.34. The van der Waals surface area contributed by atoms with Crippen LogP contribution in [0.5, 0.6) is 0 Å². The first-order valence-electron chi connectivity index (χ1n) is 2.28. The predicted octanol–water partition coefficient (Wildman–Crippen LogP) is 1.54. The fourth-order valence-electron chi connectivity index (χ4n) is 0.260. The van der Waals surface area contributed by atoms with Gasteiger partial charge in [-0.05, 0) is 13.0 Å². The van der Waals surface area contributed by atoms with Crippen LogP contribution in [0.15, 0.2) is 24.4 Å². The van der Waals surface area contributed by atoms with E-state index in [-0.39, 0.29) is 1.43 Å². The minimum absolute atomic E-state index is 0. The number of hydrogen-bond acceptors (Lipinski definition) is 1. The van der Waals surface area contributed by atoms with E-state index in [9.17, 15) is 0 Å². The zero-order chi connectivity index (χ0) is 5.70. The lowest BCUT2D eigenvalue weighted by molar-refractivity contribution is 0.991. The molecule has 0 spiro atoms.